The molecule has 98 valence electrons. The second-order valence-electron chi connectivity index (χ2n) is 4.22. The van der Waals surface area contributed by atoms with Gasteiger partial charge >= 0.3 is 6.09 Å². The average molecular weight is 250 g/mol. The Hall–Kier alpha value is -1.98. The van der Waals surface area contributed by atoms with Crippen molar-refractivity contribution in [3.8, 4) is 0 Å². The van der Waals surface area contributed by atoms with Crippen LogP contribution in [0, 0.1) is 0 Å². The lowest BCUT2D eigenvalue weighted by Gasteiger charge is -2.19. The zero-order valence-corrected chi connectivity index (χ0v) is 10.6. The molecule has 0 aliphatic carbocycles. The highest BCUT2D eigenvalue weighted by molar-refractivity contribution is 5.67. The molecule has 0 aromatic carbocycles. The molecule has 1 unspecified atom stereocenters. The van der Waals surface area contributed by atoms with Crippen LogP contribution in [0.1, 0.15) is 6.42 Å². The van der Waals surface area contributed by atoms with Gasteiger partial charge in [0.25, 0.3) is 0 Å². The molecular weight excluding hydrogens is 232 g/mol. The molecule has 1 aliphatic rings. The van der Waals surface area contributed by atoms with Crippen molar-refractivity contribution in [2.45, 2.75) is 12.5 Å². The molecule has 1 fully saturated rings. The maximum atomic E-state index is 11.1. The second-order valence-corrected chi connectivity index (χ2v) is 4.22. The molecular formula is C12H18N4O2. The first-order valence-corrected chi connectivity index (χ1v) is 5.96. The van der Waals surface area contributed by atoms with Gasteiger partial charge < -0.3 is 20.3 Å². The molecule has 2 N–H and O–H groups in total. The molecule has 1 aromatic heterocycles. The first-order valence-electron chi connectivity index (χ1n) is 5.96. The average Bonchev–Trinajstić information content (AvgIpc) is 2.87. The van der Waals surface area contributed by atoms with E-state index in [-0.39, 0.29) is 12.1 Å². The first-order chi connectivity index (χ1) is 8.72. The van der Waals surface area contributed by atoms with Gasteiger partial charge in [-0.05, 0) is 12.5 Å². The summed E-state index contributed by atoms with van der Waals surface area (Å²) in [5.74, 6) is 0.844. The fraction of sp³-hybridized carbons (Fsp3) is 0.500. The Morgan fingerprint density at radius 1 is 1.61 bits per heavy atom. The maximum absolute atomic E-state index is 11.1. The van der Waals surface area contributed by atoms with Gasteiger partial charge in [-0.3, -0.25) is 0 Å². The lowest BCUT2D eigenvalue weighted by atomic mass is 10.3. The van der Waals surface area contributed by atoms with E-state index in [1.54, 1.807) is 6.20 Å². The highest BCUT2D eigenvalue weighted by Crippen LogP contribution is 2.21. The summed E-state index contributed by atoms with van der Waals surface area (Å²) < 4.78 is 4.60. The summed E-state index contributed by atoms with van der Waals surface area (Å²) in [6.07, 6.45) is 2.33. The number of methoxy groups -OCH3 is 1. The first kappa shape index (κ1) is 12.5. The number of aromatic nitrogens is 1. The molecule has 6 nitrogen and oxygen atoms in total. The van der Waals surface area contributed by atoms with E-state index < -0.39 is 0 Å². The number of rotatable bonds is 3. The quantitative estimate of drug-likeness (QED) is 0.839. The largest absolute Gasteiger partial charge is 0.453 e. The van der Waals surface area contributed by atoms with Crippen molar-refractivity contribution >= 4 is 17.6 Å². The number of carbonyl (C=O) groups excluding carboxylic acids is 1. The molecule has 18 heavy (non-hydrogen) atoms. The van der Waals surface area contributed by atoms with Gasteiger partial charge in [-0.1, -0.05) is 0 Å². The van der Waals surface area contributed by atoms with Gasteiger partial charge in [0.1, 0.15) is 5.82 Å². The zero-order valence-electron chi connectivity index (χ0n) is 10.6. The predicted molar refractivity (Wildman–Crippen MR) is 69.9 cm³/mol. The van der Waals surface area contributed by atoms with Crippen molar-refractivity contribution in [2.75, 3.05) is 37.5 Å². The summed E-state index contributed by atoms with van der Waals surface area (Å²) in [6, 6.07) is 4.12. The minimum absolute atomic E-state index is 0.142. The van der Waals surface area contributed by atoms with Gasteiger partial charge in [0, 0.05) is 38.1 Å². The van der Waals surface area contributed by atoms with Crippen LogP contribution in [-0.2, 0) is 4.74 Å². The van der Waals surface area contributed by atoms with Crippen LogP contribution in [-0.4, -0.2) is 44.4 Å². The number of hydrogen-bond acceptors (Lipinski definition) is 5. The van der Waals surface area contributed by atoms with Crippen LogP contribution in [0.2, 0.25) is 0 Å². The number of pyridine rings is 1. The molecule has 1 atom stereocenters. The fourth-order valence-corrected chi connectivity index (χ4v) is 2.09. The van der Waals surface area contributed by atoms with Gasteiger partial charge in [-0.15, -0.1) is 0 Å². The number of nitrogens with one attached hydrogen (secondary N) is 2. The van der Waals surface area contributed by atoms with Crippen LogP contribution in [0.25, 0.3) is 0 Å². The second kappa shape index (κ2) is 5.57. The van der Waals surface area contributed by atoms with Gasteiger partial charge in [-0.25, -0.2) is 9.78 Å². The number of nitrogens with zero attached hydrogens (tertiary/aromatic N) is 2. The number of hydrogen-bond donors (Lipinski definition) is 2. The van der Waals surface area contributed by atoms with E-state index in [0.29, 0.717) is 0 Å². The van der Waals surface area contributed by atoms with E-state index in [1.165, 1.54) is 7.11 Å². The van der Waals surface area contributed by atoms with E-state index in [2.05, 4.69) is 25.3 Å². The Kier molecular flexibility index (Phi) is 3.86. The van der Waals surface area contributed by atoms with E-state index in [0.717, 1.165) is 31.0 Å². The van der Waals surface area contributed by atoms with Crippen molar-refractivity contribution in [2.24, 2.45) is 0 Å². The predicted octanol–water partition coefficient (Wildman–Crippen LogP) is 1.06. The minimum atomic E-state index is -0.368. The zero-order chi connectivity index (χ0) is 13.0. The Morgan fingerprint density at radius 3 is 3.17 bits per heavy atom. The molecule has 0 bridgehead atoms. The van der Waals surface area contributed by atoms with Crippen molar-refractivity contribution in [1.82, 2.24) is 10.3 Å². The molecule has 1 amide bonds. The van der Waals surface area contributed by atoms with Crippen LogP contribution < -0.4 is 15.5 Å². The molecule has 1 aromatic rings. The van der Waals surface area contributed by atoms with Crippen molar-refractivity contribution in [1.29, 1.82) is 0 Å². The van der Waals surface area contributed by atoms with E-state index in [9.17, 15) is 4.79 Å². The molecule has 1 saturated heterocycles. The van der Waals surface area contributed by atoms with E-state index >= 15 is 0 Å². The number of ether oxygens (including phenoxy) is 1. The Labute approximate surface area is 106 Å². The van der Waals surface area contributed by atoms with Gasteiger partial charge in [0.15, 0.2) is 0 Å². The Bertz CT molecular complexity index is 424. The van der Waals surface area contributed by atoms with Crippen molar-refractivity contribution < 1.29 is 9.53 Å². The minimum Gasteiger partial charge on any atom is -0.453 e. The number of alkyl carbamates (subject to hydrolysis) is 1. The summed E-state index contributed by atoms with van der Waals surface area (Å²) in [4.78, 5) is 17.5. The molecule has 2 rings (SSSR count). The standard InChI is InChI=1S/C12H18N4O2/c1-13-11-7-10(3-5-14-11)16-6-4-9(8-16)15-12(17)18-2/h3,5,7,9H,4,6,8H2,1-2H3,(H,13,14)(H,15,17). The summed E-state index contributed by atoms with van der Waals surface area (Å²) in [6.45, 7) is 1.71. The van der Waals surface area contributed by atoms with Gasteiger partial charge in [-0.2, -0.15) is 0 Å². The Morgan fingerprint density at radius 2 is 2.44 bits per heavy atom. The van der Waals surface area contributed by atoms with E-state index in [4.69, 9.17) is 0 Å². The van der Waals surface area contributed by atoms with E-state index in [1.807, 2.05) is 19.2 Å². The SMILES string of the molecule is CNc1cc(N2CCC(NC(=O)OC)C2)ccn1. The Balaban J connectivity index is 1.97. The number of amides is 1. The summed E-state index contributed by atoms with van der Waals surface area (Å²) in [5.41, 5.74) is 1.11. The fourth-order valence-electron chi connectivity index (χ4n) is 2.09. The molecule has 0 spiro atoms. The van der Waals surface area contributed by atoms with Crippen LogP contribution in [0.5, 0.6) is 0 Å². The summed E-state index contributed by atoms with van der Waals surface area (Å²) >= 11 is 0. The maximum Gasteiger partial charge on any atom is 0.407 e. The summed E-state index contributed by atoms with van der Waals surface area (Å²) in [7, 11) is 3.22. The monoisotopic (exact) mass is 250 g/mol. The smallest absolute Gasteiger partial charge is 0.407 e. The van der Waals surface area contributed by atoms with Crippen molar-refractivity contribution in [3.63, 3.8) is 0 Å². The van der Waals surface area contributed by atoms with Gasteiger partial charge in [0.2, 0.25) is 0 Å². The molecule has 0 radical (unpaired) electrons. The normalized spacial score (nSPS) is 18.6. The van der Waals surface area contributed by atoms with Crippen LogP contribution in [0.15, 0.2) is 18.3 Å². The van der Waals surface area contributed by atoms with Crippen molar-refractivity contribution in [3.05, 3.63) is 18.3 Å². The number of carbonyl (C=O) groups is 1. The summed E-state index contributed by atoms with van der Waals surface area (Å²) in [5, 5.41) is 5.84. The third kappa shape index (κ3) is 2.82. The molecule has 6 heteroatoms. The molecule has 2 heterocycles. The van der Waals surface area contributed by atoms with Crippen LogP contribution in [0.4, 0.5) is 16.3 Å². The third-order valence-electron chi connectivity index (χ3n) is 3.06. The third-order valence-corrected chi connectivity index (χ3v) is 3.06. The topological polar surface area (TPSA) is 66.5 Å². The molecule has 1 aliphatic heterocycles. The van der Waals surface area contributed by atoms with Gasteiger partial charge in [0.05, 0.1) is 13.2 Å². The van der Waals surface area contributed by atoms with Crippen LogP contribution >= 0.6 is 0 Å². The van der Waals surface area contributed by atoms with Crippen LogP contribution in [0.3, 0.4) is 0 Å². The lowest BCUT2D eigenvalue weighted by molar-refractivity contribution is 0.167. The number of anilines is 2. The highest BCUT2D eigenvalue weighted by Gasteiger charge is 2.24. The lowest BCUT2D eigenvalue weighted by Crippen LogP contribution is -2.36. The molecule has 0 saturated carbocycles. The highest BCUT2D eigenvalue weighted by atomic mass is 16.5.